The molecule has 7 heteroatoms. The Morgan fingerprint density at radius 3 is 2.48 bits per heavy atom. The van der Waals surface area contributed by atoms with E-state index in [1.54, 1.807) is 40.5 Å². The van der Waals surface area contributed by atoms with Gasteiger partial charge < -0.3 is 9.64 Å². The zero-order chi connectivity index (χ0) is 19.6. The lowest BCUT2D eigenvalue weighted by Crippen LogP contribution is -2.40. The molecule has 5 nitrogen and oxygen atoms in total. The average molecular weight is 408 g/mol. The summed E-state index contributed by atoms with van der Waals surface area (Å²) in [5.74, 6) is 0.760. The molecule has 1 aliphatic heterocycles. The van der Waals surface area contributed by atoms with E-state index in [0.29, 0.717) is 24.3 Å². The molecule has 2 heterocycles. The van der Waals surface area contributed by atoms with Gasteiger partial charge in [0.15, 0.2) is 9.84 Å². The van der Waals surface area contributed by atoms with Crippen LogP contribution in [0, 0.1) is 6.92 Å². The number of aryl methyl sites for hydroxylation is 1. The fraction of sp³-hybridized carbons (Fsp3) is 0.450. The van der Waals surface area contributed by atoms with Gasteiger partial charge in [-0.2, -0.15) is 0 Å². The monoisotopic (exact) mass is 407 g/mol. The summed E-state index contributed by atoms with van der Waals surface area (Å²) in [6, 6.07) is 8.80. The number of amides is 1. The molecule has 0 saturated carbocycles. The number of hydrogen-bond acceptors (Lipinski definition) is 5. The zero-order valence-electron chi connectivity index (χ0n) is 15.8. The van der Waals surface area contributed by atoms with Crippen LogP contribution in [0.5, 0.6) is 5.75 Å². The van der Waals surface area contributed by atoms with E-state index < -0.39 is 9.84 Å². The third kappa shape index (κ3) is 4.90. The van der Waals surface area contributed by atoms with Crippen LogP contribution in [0.15, 0.2) is 35.7 Å². The molecule has 1 amide bonds. The molecule has 1 saturated heterocycles. The van der Waals surface area contributed by atoms with Gasteiger partial charge in [-0.05, 0) is 68.5 Å². The van der Waals surface area contributed by atoms with Crippen molar-refractivity contribution in [2.75, 3.05) is 11.5 Å². The molecule has 1 aromatic heterocycles. The summed E-state index contributed by atoms with van der Waals surface area (Å²) in [4.78, 5) is 16.0. The molecule has 0 spiro atoms. The minimum absolute atomic E-state index is 0.0394. The fourth-order valence-corrected chi connectivity index (χ4v) is 5.86. The van der Waals surface area contributed by atoms with Gasteiger partial charge in [-0.3, -0.25) is 4.79 Å². The van der Waals surface area contributed by atoms with Crippen LogP contribution < -0.4 is 4.74 Å². The molecule has 0 unspecified atom stereocenters. The number of carbonyl (C=O) groups is 1. The Morgan fingerprint density at radius 2 is 1.96 bits per heavy atom. The van der Waals surface area contributed by atoms with Crippen molar-refractivity contribution in [3.05, 3.63) is 51.7 Å². The third-order valence-corrected chi connectivity index (χ3v) is 7.42. The van der Waals surface area contributed by atoms with E-state index in [2.05, 4.69) is 0 Å². The Kier molecular flexibility index (Phi) is 5.91. The normalized spacial score (nSPS) is 18.6. The van der Waals surface area contributed by atoms with Crippen LogP contribution in [0.1, 0.15) is 41.1 Å². The Balaban J connectivity index is 1.85. The lowest BCUT2D eigenvalue weighted by atomic mass is 10.1. The first-order valence-electron chi connectivity index (χ1n) is 9.06. The van der Waals surface area contributed by atoms with Crippen molar-refractivity contribution in [1.29, 1.82) is 0 Å². The first-order chi connectivity index (χ1) is 12.7. The maximum absolute atomic E-state index is 13.2. The molecule has 27 heavy (non-hydrogen) atoms. The Hall–Kier alpha value is -1.86. The number of ether oxygens (including phenoxy) is 1. The highest BCUT2D eigenvalue weighted by Gasteiger charge is 2.35. The molecule has 1 aliphatic rings. The summed E-state index contributed by atoms with van der Waals surface area (Å²) < 4.78 is 29.6. The van der Waals surface area contributed by atoms with E-state index in [1.807, 2.05) is 32.2 Å². The van der Waals surface area contributed by atoms with Crippen LogP contribution in [0.4, 0.5) is 0 Å². The van der Waals surface area contributed by atoms with Crippen LogP contribution in [0.2, 0.25) is 0 Å². The van der Waals surface area contributed by atoms with Gasteiger partial charge in [0.25, 0.3) is 5.91 Å². The van der Waals surface area contributed by atoms with Gasteiger partial charge in [0, 0.05) is 16.5 Å². The smallest absolute Gasteiger partial charge is 0.254 e. The SMILES string of the molecule is Cc1ccsc1CN(C(=O)c1ccc(OC(C)C)cc1)[C@@H]1CCS(=O)(=O)C1. The fourth-order valence-electron chi connectivity index (χ4n) is 3.22. The summed E-state index contributed by atoms with van der Waals surface area (Å²) in [5, 5.41) is 2.00. The first-order valence-corrected chi connectivity index (χ1v) is 11.8. The molecule has 1 atom stereocenters. The van der Waals surface area contributed by atoms with Crippen molar-refractivity contribution >= 4 is 27.1 Å². The minimum Gasteiger partial charge on any atom is -0.491 e. The number of benzene rings is 1. The van der Waals surface area contributed by atoms with Crippen molar-refractivity contribution in [3.8, 4) is 5.75 Å². The highest BCUT2D eigenvalue weighted by atomic mass is 32.2. The van der Waals surface area contributed by atoms with Gasteiger partial charge in [0.2, 0.25) is 0 Å². The minimum atomic E-state index is -3.08. The average Bonchev–Trinajstić information content (AvgIpc) is 3.17. The Morgan fingerprint density at radius 1 is 1.26 bits per heavy atom. The molecule has 2 aromatic rings. The van der Waals surface area contributed by atoms with E-state index in [9.17, 15) is 13.2 Å². The molecule has 0 radical (unpaired) electrons. The first kappa shape index (κ1) is 19.9. The van der Waals surface area contributed by atoms with Crippen molar-refractivity contribution in [3.63, 3.8) is 0 Å². The van der Waals surface area contributed by atoms with E-state index >= 15 is 0 Å². The largest absolute Gasteiger partial charge is 0.491 e. The highest BCUT2D eigenvalue weighted by Crippen LogP contribution is 2.26. The van der Waals surface area contributed by atoms with Crippen molar-refractivity contribution < 1.29 is 17.9 Å². The standard InChI is InChI=1S/C20H25NO4S2/c1-14(2)25-18-6-4-16(5-7-18)20(22)21(12-19-15(3)8-10-26-19)17-9-11-27(23,24)13-17/h4-8,10,14,17H,9,11-13H2,1-3H3/t17-/m1/s1. The topological polar surface area (TPSA) is 63.7 Å². The molecule has 1 fully saturated rings. The van der Waals surface area contributed by atoms with E-state index in [4.69, 9.17) is 4.74 Å². The van der Waals surface area contributed by atoms with Crippen molar-refractivity contribution in [2.45, 2.75) is 45.9 Å². The molecular formula is C20H25NO4S2. The van der Waals surface area contributed by atoms with Crippen LogP contribution in [0.3, 0.4) is 0 Å². The Bertz CT molecular complexity index is 900. The quantitative estimate of drug-likeness (QED) is 0.733. The van der Waals surface area contributed by atoms with Gasteiger partial charge in [-0.1, -0.05) is 0 Å². The molecule has 3 rings (SSSR count). The van der Waals surface area contributed by atoms with Gasteiger partial charge in [-0.15, -0.1) is 11.3 Å². The molecule has 0 N–H and O–H groups in total. The number of carbonyl (C=O) groups excluding carboxylic acids is 1. The van der Waals surface area contributed by atoms with Gasteiger partial charge in [0.1, 0.15) is 5.75 Å². The van der Waals surface area contributed by atoms with E-state index in [0.717, 1.165) is 10.4 Å². The highest BCUT2D eigenvalue weighted by molar-refractivity contribution is 7.91. The van der Waals surface area contributed by atoms with Gasteiger partial charge in [-0.25, -0.2) is 8.42 Å². The summed E-state index contributed by atoms with van der Waals surface area (Å²) in [6.45, 7) is 6.35. The predicted octanol–water partition coefficient (Wildman–Crippen LogP) is 3.67. The number of sulfone groups is 1. The predicted molar refractivity (Wildman–Crippen MR) is 108 cm³/mol. The number of rotatable bonds is 6. The third-order valence-electron chi connectivity index (χ3n) is 4.67. The van der Waals surface area contributed by atoms with Gasteiger partial charge >= 0.3 is 0 Å². The maximum atomic E-state index is 13.2. The number of hydrogen-bond donors (Lipinski definition) is 0. The summed E-state index contributed by atoms with van der Waals surface area (Å²) >= 11 is 1.60. The lowest BCUT2D eigenvalue weighted by molar-refractivity contribution is 0.0683. The van der Waals surface area contributed by atoms with E-state index in [-0.39, 0.29) is 29.6 Å². The molecular weight excluding hydrogens is 382 g/mol. The van der Waals surface area contributed by atoms with Crippen LogP contribution >= 0.6 is 11.3 Å². The zero-order valence-corrected chi connectivity index (χ0v) is 17.5. The summed E-state index contributed by atoms with van der Waals surface area (Å²) in [5.41, 5.74) is 1.67. The molecule has 1 aromatic carbocycles. The lowest BCUT2D eigenvalue weighted by Gasteiger charge is -2.28. The molecule has 146 valence electrons. The summed E-state index contributed by atoms with van der Waals surface area (Å²) in [7, 11) is -3.08. The van der Waals surface area contributed by atoms with Crippen molar-refractivity contribution in [1.82, 2.24) is 4.90 Å². The molecule has 0 aliphatic carbocycles. The van der Waals surface area contributed by atoms with Crippen LogP contribution in [-0.2, 0) is 16.4 Å². The second-order valence-electron chi connectivity index (χ2n) is 7.21. The maximum Gasteiger partial charge on any atom is 0.254 e. The summed E-state index contributed by atoms with van der Waals surface area (Å²) in [6.07, 6.45) is 0.557. The Labute approximate surface area is 164 Å². The second-order valence-corrected chi connectivity index (χ2v) is 10.4. The number of thiophene rings is 1. The van der Waals surface area contributed by atoms with Crippen LogP contribution in [0.25, 0.3) is 0 Å². The second kappa shape index (κ2) is 8.02. The van der Waals surface area contributed by atoms with Crippen molar-refractivity contribution in [2.24, 2.45) is 0 Å². The van der Waals surface area contributed by atoms with Gasteiger partial charge in [0.05, 0.1) is 24.2 Å². The van der Waals surface area contributed by atoms with Crippen LogP contribution in [-0.4, -0.2) is 42.9 Å². The van der Waals surface area contributed by atoms with E-state index in [1.165, 1.54) is 0 Å². The molecule has 0 bridgehead atoms. The number of nitrogens with zero attached hydrogens (tertiary/aromatic N) is 1.